The van der Waals surface area contributed by atoms with Crippen LogP contribution in [0.2, 0.25) is 0 Å². The van der Waals surface area contributed by atoms with Crippen molar-refractivity contribution in [2.24, 2.45) is 0 Å². The van der Waals surface area contributed by atoms with Gasteiger partial charge in [0.15, 0.2) is 0 Å². The molecule has 0 fully saturated rings. The van der Waals surface area contributed by atoms with Gasteiger partial charge in [-0.3, -0.25) is 4.79 Å². The van der Waals surface area contributed by atoms with Crippen LogP contribution in [0.25, 0.3) is 0 Å². The summed E-state index contributed by atoms with van der Waals surface area (Å²) in [5.74, 6) is -1.89. The number of rotatable bonds is 5. The number of carbonyl (C=O) groups is 1. The highest BCUT2D eigenvalue weighted by atomic mass is 19.1. The van der Waals surface area contributed by atoms with Crippen LogP contribution in [0, 0.1) is 11.6 Å². The van der Waals surface area contributed by atoms with Gasteiger partial charge in [0.25, 0.3) is 5.91 Å². The molecule has 144 valence electrons. The van der Waals surface area contributed by atoms with Crippen LogP contribution < -0.4 is 0 Å². The molecule has 1 N–H and O–H groups in total. The van der Waals surface area contributed by atoms with Crippen molar-refractivity contribution in [3.8, 4) is 0 Å². The average molecular weight is 384 g/mol. The lowest BCUT2D eigenvalue weighted by atomic mass is 9.85. The third-order valence-electron chi connectivity index (χ3n) is 5.28. The Morgan fingerprint density at radius 3 is 2.71 bits per heavy atom. The van der Waals surface area contributed by atoms with Gasteiger partial charge in [0.05, 0.1) is 12.6 Å². The highest BCUT2D eigenvalue weighted by Crippen LogP contribution is 2.36. The van der Waals surface area contributed by atoms with E-state index in [0.717, 1.165) is 17.7 Å². The molecule has 0 aliphatic carbocycles. The Morgan fingerprint density at radius 1 is 1.25 bits per heavy atom. The molecule has 2 atom stereocenters. The molecule has 0 radical (unpaired) electrons. The van der Waals surface area contributed by atoms with Gasteiger partial charge < -0.3 is 10.0 Å². The Balaban J connectivity index is 1.76. The Kier molecular flexibility index (Phi) is 4.43. The van der Waals surface area contributed by atoms with Crippen LogP contribution >= 0.6 is 0 Å². The zero-order valence-electron chi connectivity index (χ0n) is 15.1. The van der Waals surface area contributed by atoms with Gasteiger partial charge in [-0.05, 0) is 24.6 Å². The summed E-state index contributed by atoms with van der Waals surface area (Å²) >= 11 is 0. The Hall–Kier alpha value is -3.13. The molecule has 0 saturated heterocycles. The molecule has 0 bridgehead atoms. The fourth-order valence-electron chi connectivity index (χ4n) is 3.69. The minimum Gasteiger partial charge on any atom is -0.381 e. The summed E-state index contributed by atoms with van der Waals surface area (Å²) in [4.78, 5) is 18.2. The van der Waals surface area contributed by atoms with Crippen molar-refractivity contribution in [1.29, 1.82) is 0 Å². The van der Waals surface area contributed by atoms with Crippen LogP contribution in [0.3, 0.4) is 0 Å². The zero-order valence-corrected chi connectivity index (χ0v) is 15.1. The predicted molar refractivity (Wildman–Crippen MR) is 96.1 cm³/mol. The second kappa shape index (κ2) is 6.79. The largest absolute Gasteiger partial charge is 0.381 e. The molecular weight excluding hydrogens is 366 g/mol. The van der Waals surface area contributed by atoms with Gasteiger partial charge in [-0.2, -0.15) is 5.10 Å². The van der Waals surface area contributed by atoms with E-state index in [4.69, 9.17) is 0 Å². The molecule has 0 saturated carbocycles. The van der Waals surface area contributed by atoms with E-state index in [1.807, 2.05) is 12.1 Å². The third-order valence-corrected chi connectivity index (χ3v) is 5.28. The third kappa shape index (κ3) is 2.95. The lowest BCUT2D eigenvalue weighted by molar-refractivity contribution is -0.0556. The molecule has 1 unspecified atom stereocenters. The first-order valence-corrected chi connectivity index (χ1v) is 8.79. The van der Waals surface area contributed by atoms with Crippen LogP contribution in [-0.4, -0.2) is 36.7 Å². The first kappa shape index (κ1) is 18.2. The Morgan fingerprint density at radius 2 is 2.04 bits per heavy atom. The summed E-state index contributed by atoms with van der Waals surface area (Å²) in [7, 11) is 0. The molecule has 6 nitrogen and oxygen atoms in total. The number of amides is 1. The number of hydrogen-bond acceptors (Lipinski definition) is 4. The van der Waals surface area contributed by atoms with E-state index in [0.29, 0.717) is 12.1 Å². The summed E-state index contributed by atoms with van der Waals surface area (Å²) in [5.41, 5.74) is -0.580. The second-order valence-electron chi connectivity index (χ2n) is 6.91. The molecule has 8 heteroatoms. The van der Waals surface area contributed by atoms with E-state index in [1.54, 1.807) is 19.1 Å². The fraction of sp³-hybridized carbons (Fsp3) is 0.250. The number of aliphatic hydroxyl groups is 1. The average Bonchev–Trinajstić information content (AvgIpc) is 3.29. The molecule has 2 heterocycles. The number of nitrogens with zero attached hydrogens (tertiary/aromatic N) is 4. The van der Waals surface area contributed by atoms with E-state index in [1.165, 1.54) is 28.3 Å². The second-order valence-corrected chi connectivity index (χ2v) is 6.91. The van der Waals surface area contributed by atoms with Crippen LogP contribution in [-0.2, 0) is 18.7 Å². The van der Waals surface area contributed by atoms with E-state index >= 15 is 0 Å². The van der Waals surface area contributed by atoms with Gasteiger partial charge in [-0.1, -0.05) is 24.3 Å². The van der Waals surface area contributed by atoms with Crippen molar-refractivity contribution in [3.05, 3.63) is 83.4 Å². The topological polar surface area (TPSA) is 71.2 Å². The van der Waals surface area contributed by atoms with Gasteiger partial charge in [-0.15, -0.1) is 0 Å². The highest BCUT2D eigenvalue weighted by molar-refractivity contribution is 5.98. The summed E-state index contributed by atoms with van der Waals surface area (Å²) in [5, 5.41) is 15.6. The van der Waals surface area contributed by atoms with E-state index in [9.17, 15) is 18.7 Å². The first-order valence-electron chi connectivity index (χ1n) is 8.79. The Bertz CT molecular complexity index is 1020. The zero-order chi connectivity index (χ0) is 19.9. The van der Waals surface area contributed by atoms with Gasteiger partial charge in [0, 0.05) is 23.7 Å². The number of benzene rings is 2. The molecule has 2 aromatic carbocycles. The monoisotopic (exact) mass is 384 g/mol. The number of fused-ring (bicyclic) bond motifs is 1. The van der Waals surface area contributed by atoms with Crippen molar-refractivity contribution >= 4 is 5.91 Å². The number of aromatic nitrogens is 3. The molecule has 28 heavy (non-hydrogen) atoms. The molecule has 1 aromatic heterocycles. The first-order chi connectivity index (χ1) is 13.4. The van der Waals surface area contributed by atoms with Crippen molar-refractivity contribution in [2.45, 2.75) is 31.7 Å². The minimum absolute atomic E-state index is 0.111. The van der Waals surface area contributed by atoms with E-state index in [2.05, 4.69) is 10.1 Å². The Labute approximate surface area is 160 Å². The smallest absolute Gasteiger partial charge is 0.254 e. The standard InChI is InChI=1S/C20H18F2N4O2/c1-13(26-9-14-4-2-3-5-16(14)19(26)27)20(28,10-25-12-23-11-24-25)17-7-6-15(21)8-18(17)22/h2-8,11-13,28H,9-10H2,1H3/t13-,20?/m1/s1. The SMILES string of the molecule is C[C@@H](N1Cc2ccccc2C1=O)C(O)(Cn1cncn1)c1ccc(F)cc1F. The molecule has 1 aliphatic heterocycles. The molecule has 1 aliphatic rings. The highest BCUT2D eigenvalue weighted by Gasteiger charge is 2.45. The maximum Gasteiger partial charge on any atom is 0.254 e. The predicted octanol–water partition coefficient (Wildman–Crippen LogP) is 2.49. The van der Waals surface area contributed by atoms with Crippen molar-refractivity contribution in [1.82, 2.24) is 19.7 Å². The molecule has 1 amide bonds. The van der Waals surface area contributed by atoms with E-state index in [-0.39, 0.29) is 18.0 Å². The van der Waals surface area contributed by atoms with Crippen LogP contribution in [0.4, 0.5) is 8.78 Å². The maximum absolute atomic E-state index is 14.6. The molecule has 3 aromatic rings. The quantitative estimate of drug-likeness (QED) is 0.734. The van der Waals surface area contributed by atoms with Crippen molar-refractivity contribution < 1.29 is 18.7 Å². The van der Waals surface area contributed by atoms with E-state index < -0.39 is 23.3 Å². The summed E-state index contributed by atoms with van der Waals surface area (Å²) in [6, 6.07) is 9.34. The van der Waals surface area contributed by atoms with Crippen LogP contribution in [0.15, 0.2) is 55.1 Å². The molecule has 0 spiro atoms. The number of carbonyl (C=O) groups excluding carboxylic acids is 1. The van der Waals surface area contributed by atoms with Crippen LogP contribution in [0.5, 0.6) is 0 Å². The van der Waals surface area contributed by atoms with Gasteiger partial charge in [0.1, 0.15) is 29.9 Å². The maximum atomic E-state index is 14.6. The van der Waals surface area contributed by atoms with Gasteiger partial charge in [-0.25, -0.2) is 18.4 Å². The minimum atomic E-state index is -1.86. The summed E-state index contributed by atoms with van der Waals surface area (Å²) in [6.07, 6.45) is 2.68. The van der Waals surface area contributed by atoms with Gasteiger partial charge >= 0.3 is 0 Å². The van der Waals surface area contributed by atoms with Crippen molar-refractivity contribution in [3.63, 3.8) is 0 Å². The van der Waals surface area contributed by atoms with Crippen molar-refractivity contribution in [2.75, 3.05) is 0 Å². The number of hydrogen-bond donors (Lipinski definition) is 1. The van der Waals surface area contributed by atoms with Crippen LogP contribution in [0.1, 0.15) is 28.4 Å². The molecular formula is C20H18F2N4O2. The fourth-order valence-corrected chi connectivity index (χ4v) is 3.69. The molecule has 4 rings (SSSR count). The summed E-state index contributed by atoms with van der Waals surface area (Å²) < 4.78 is 29.4. The normalized spacial score (nSPS) is 16.7. The lowest BCUT2D eigenvalue weighted by Gasteiger charge is -2.39. The van der Waals surface area contributed by atoms with Gasteiger partial charge in [0.2, 0.25) is 0 Å². The number of halogens is 2. The summed E-state index contributed by atoms with van der Waals surface area (Å²) in [6.45, 7) is 1.78. The lowest BCUT2D eigenvalue weighted by Crippen LogP contribution is -2.52.